The molecule has 0 unspecified atom stereocenters. The van der Waals surface area contributed by atoms with Crippen molar-refractivity contribution in [1.82, 2.24) is 9.97 Å². The lowest BCUT2D eigenvalue weighted by molar-refractivity contribution is 0.198. The molecule has 2 N–H and O–H groups in total. The van der Waals surface area contributed by atoms with E-state index < -0.39 is 0 Å². The molecule has 0 atom stereocenters. The quantitative estimate of drug-likeness (QED) is 0.727. The van der Waals surface area contributed by atoms with Crippen molar-refractivity contribution < 1.29 is 9.47 Å². The van der Waals surface area contributed by atoms with E-state index in [2.05, 4.69) is 20.6 Å². The molecule has 1 heterocycles. The largest absolute Gasteiger partial charge is 0.495 e. The van der Waals surface area contributed by atoms with Crippen LogP contribution in [0.25, 0.3) is 0 Å². The number of halogens is 1. The molecule has 6 nitrogen and oxygen atoms in total. The molecule has 0 bridgehead atoms. The monoisotopic (exact) mass is 322 g/mol. The van der Waals surface area contributed by atoms with Crippen LogP contribution in [-0.4, -0.2) is 37.3 Å². The second kappa shape index (κ2) is 8.41. The van der Waals surface area contributed by atoms with Crippen LogP contribution >= 0.6 is 11.6 Å². The van der Waals surface area contributed by atoms with Gasteiger partial charge in [-0.1, -0.05) is 11.6 Å². The minimum atomic E-state index is 0.498. The van der Waals surface area contributed by atoms with Gasteiger partial charge < -0.3 is 20.1 Å². The molecule has 0 aliphatic carbocycles. The summed E-state index contributed by atoms with van der Waals surface area (Å²) in [6.45, 7) is 1.51. The fourth-order valence-corrected chi connectivity index (χ4v) is 2.08. The van der Waals surface area contributed by atoms with E-state index in [1.54, 1.807) is 32.5 Å². The Hall–Kier alpha value is -2.05. The maximum Gasteiger partial charge on any atom is 0.229 e. The molecule has 118 valence electrons. The van der Waals surface area contributed by atoms with E-state index in [1.165, 1.54) is 0 Å². The highest BCUT2D eigenvalue weighted by atomic mass is 35.5. The van der Waals surface area contributed by atoms with Gasteiger partial charge in [0.25, 0.3) is 0 Å². The number of hydrogen-bond acceptors (Lipinski definition) is 6. The molecule has 0 spiro atoms. The van der Waals surface area contributed by atoms with Crippen LogP contribution < -0.4 is 15.4 Å². The van der Waals surface area contributed by atoms with Crippen molar-refractivity contribution in [2.75, 3.05) is 38.0 Å². The van der Waals surface area contributed by atoms with Gasteiger partial charge in [-0.2, -0.15) is 4.98 Å². The molecule has 0 radical (unpaired) electrons. The van der Waals surface area contributed by atoms with Crippen LogP contribution in [0.15, 0.2) is 30.5 Å². The van der Waals surface area contributed by atoms with Gasteiger partial charge in [-0.05, 0) is 30.7 Å². The maximum absolute atomic E-state index is 6.10. The SMILES string of the molecule is COCCCNc1ccnc(Nc2ccc(OC)c(Cl)c2)n1. The first-order valence-corrected chi connectivity index (χ1v) is 7.27. The fraction of sp³-hybridized carbons (Fsp3) is 0.333. The van der Waals surface area contributed by atoms with Crippen molar-refractivity contribution in [3.8, 4) is 5.75 Å². The van der Waals surface area contributed by atoms with Gasteiger partial charge in [0.05, 0.1) is 12.1 Å². The number of aromatic nitrogens is 2. The first kappa shape index (κ1) is 16.3. The van der Waals surface area contributed by atoms with Gasteiger partial charge in [0.15, 0.2) is 0 Å². The highest BCUT2D eigenvalue weighted by Gasteiger charge is 2.04. The van der Waals surface area contributed by atoms with Gasteiger partial charge in [-0.25, -0.2) is 4.98 Å². The summed E-state index contributed by atoms with van der Waals surface area (Å²) >= 11 is 6.10. The van der Waals surface area contributed by atoms with Gasteiger partial charge in [0.2, 0.25) is 5.95 Å². The highest BCUT2D eigenvalue weighted by molar-refractivity contribution is 6.32. The normalized spacial score (nSPS) is 10.3. The van der Waals surface area contributed by atoms with Crippen LogP contribution in [0.4, 0.5) is 17.5 Å². The molecular formula is C15H19ClN4O2. The minimum absolute atomic E-state index is 0.498. The lowest BCUT2D eigenvalue weighted by atomic mass is 10.3. The van der Waals surface area contributed by atoms with Crippen LogP contribution in [0.2, 0.25) is 5.02 Å². The Balaban J connectivity index is 1.99. The molecular weight excluding hydrogens is 304 g/mol. The van der Waals surface area contributed by atoms with Crippen molar-refractivity contribution in [1.29, 1.82) is 0 Å². The zero-order chi connectivity index (χ0) is 15.8. The summed E-state index contributed by atoms with van der Waals surface area (Å²) in [6, 6.07) is 7.23. The zero-order valence-corrected chi connectivity index (χ0v) is 13.4. The Morgan fingerprint density at radius 2 is 2.09 bits per heavy atom. The number of benzene rings is 1. The van der Waals surface area contributed by atoms with Gasteiger partial charge in [-0.15, -0.1) is 0 Å². The molecule has 1 aromatic heterocycles. The highest BCUT2D eigenvalue weighted by Crippen LogP contribution is 2.28. The molecule has 0 aliphatic rings. The minimum Gasteiger partial charge on any atom is -0.495 e. The summed E-state index contributed by atoms with van der Waals surface area (Å²) < 4.78 is 10.1. The lowest BCUT2D eigenvalue weighted by Gasteiger charge is -2.09. The van der Waals surface area contributed by atoms with E-state index in [0.717, 1.165) is 24.5 Å². The van der Waals surface area contributed by atoms with Crippen LogP contribution in [0.1, 0.15) is 6.42 Å². The molecule has 0 saturated carbocycles. The van der Waals surface area contributed by atoms with Gasteiger partial charge in [0, 0.05) is 32.1 Å². The topological polar surface area (TPSA) is 68.3 Å². The lowest BCUT2D eigenvalue weighted by Crippen LogP contribution is -2.07. The standard InChI is InChI=1S/C15H19ClN4O2/c1-21-9-3-7-17-14-6-8-18-15(20-14)19-11-4-5-13(22-2)12(16)10-11/h4-6,8,10H,3,7,9H2,1-2H3,(H2,17,18,19,20). The zero-order valence-electron chi connectivity index (χ0n) is 12.6. The number of rotatable bonds is 8. The summed E-state index contributed by atoms with van der Waals surface area (Å²) in [7, 11) is 3.27. The van der Waals surface area contributed by atoms with E-state index >= 15 is 0 Å². The summed E-state index contributed by atoms with van der Waals surface area (Å²) in [5.74, 6) is 1.88. The van der Waals surface area contributed by atoms with E-state index in [9.17, 15) is 0 Å². The van der Waals surface area contributed by atoms with Crippen molar-refractivity contribution in [3.05, 3.63) is 35.5 Å². The Kier molecular flexibility index (Phi) is 6.24. The smallest absolute Gasteiger partial charge is 0.229 e. The van der Waals surface area contributed by atoms with Crippen molar-refractivity contribution >= 4 is 29.1 Å². The number of methoxy groups -OCH3 is 2. The van der Waals surface area contributed by atoms with Crippen molar-refractivity contribution in [2.24, 2.45) is 0 Å². The van der Waals surface area contributed by atoms with Crippen molar-refractivity contribution in [3.63, 3.8) is 0 Å². The number of nitrogens with zero attached hydrogens (tertiary/aromatic N) is 2. The number of nitrogens with one attached hydrogen (secondary N) is 2. The van der Waals surface area contributed by atoms with Crippen molar-refractivity contribution in [2.45, 2.75) is 6.42 Å². The van der Waals surface area contributed by atoms with Crippen LogP contribution in [-0.2, 0) is 4.74 Å². The first-order valence-electron chi connectivity index (χ1n) is 6.89. The number of hydrogen-bond donors (Lipinski definition) is 2. The second-order valence-electron chi connectivity index (χ2n) is 4.51. The molecule has 0 aliphatic heterocycles. The van der Waals surface area contributed by atoms with E-state index in [-0.39, 0.29) is 0 Å². The first-order chi connectivity index (χ1) is 10.7. The van der Waals surface area contributed by atoms with Crippen LogP contribution in [0, 0.1) is 0 Å². The van der Waals surface area contributed by atoms with E-state index in [0.29, 0.717) is 23.3 Å². The molecule has 1 aromatic carbocycles. The molecule has 0 saturated heterocycles. The van der Waals surface area contributed by atoms with Crippen LogP contribution in [0.5, 0.6) is 5.75 Å². The predicted octanol–water partition coefficient (Wildman–Crippen LogP) is 3.33. The Morgan fingerprint density at radius 1 is 1.23 bits per heavy atom. The van der Waals surface area contributed by atoms with Crippen LogP contribution in [0.3, 0.4) is 0 Å². The predicted molar refractivity (Wildman–Crippen MR) is 88.3 cm³/mol. The third-order valence-electron chi connectivity index (χ3n) is 2.89. The average molecular weight is 323 g/mol. The Labute approximate surface area is 134 Å². The van der Waals surface area contributed by atoms with E-state index in [4.69, 9.17) is 21.1 Å². The van der Waals surface area contributed by atoms with Gasteiger partial charge in [0.1, 0.15) is 11.6 Å². The average Bonchev–Trinajstić information content (AvgIpc) is 2.52. The second-order valence-corrected chi connectivity index (χ2v) is 4.92. The molecule has 7 heteroatoms. The molecule has 22 heavy (non-hydrogen) atoms. The third-order valence-corrected chi connectivity index (χ3v) is 3.19. The molecule has 2 rings (SSSR count). The number of anilines is 3. The van der Waals surface area contributed by atoms with Gasteiger partial charge >= 0.3 is 0 Å². The summed E-state index contributed by atoms with van der Waals surface area (Å²) in [6.07, 6.45) is 2.61. The molecule has 0 fully saturated rings. The summed E-state index contributed by atoms with van der Waals surface area (Å²) in [5, 5.41) is 6.86. The molecule has 0 amide bonds. The van der Waals surface area contributed by atoms with E-state index in [1.807, 2.05) is 12.1 Å². The third kappa shape index (κ3) is 4.75. The maximum atomic E-state index is 6.10. The fourth-order valence-electron chi connectivity index (χ4n) is 1.82. The summed E-state index contributed by atoms with van der Waals surface area (Å²) in [5.41, 5.74) is 0.794. The number of ether oxygens (including phenoxy) is 2. The Morgan fingerprint density at radius 3 is 2.82 bits per heavy atom. The Bertz CT molecular complexity index is 610. The van der Waals surface area contributed by atoms with Gasteiger partial charge in [-0.3, -0.25) is 0 Å². The molecule has 2 aromatic rings. The summed E-state index contributed by atoms with van der Waals surface area (Å²) in [4.78, 5) is 8.58.